The number of halogens is 1. The maximum absolute atomic E-state index is 13.8. The van der Waals surface area contributed by atoms with Crippen molar-refractivity contribution in [2.24, 2.45) is 5.92 Å². The third-order valence-corrected chi connectivity index (χ3v) is 4.63. The molecular weight excluding hydrogens is 299 g/mol. The lowest BCUT2D eigenvalue weighted by atomic mass is 9.99. The second-order valence-corrected chi connectivity index (χ2v) is 7.19. The van der Waals surface area contributed by atoms with E-state index in [2.05, 4.69) is 36.2 Å². The van der Waals surface area contributed by atoms with Gasteiger partial charge in [-0.2, -0.15) is 0 Å². The van der Waals surface area contributed by atoms with Crippen LogP contribution in [0.1, 0.15) is 25.8 Å². The maximum atomic E-state index is 13.8. The summed E-state index contributed by atoms with van der Waals surface area (Å²) in [6, 6.07) is 16.0. The van der Waals surface area contributed by atoms with E-state index in [0.717, 1.165) is 42.9 Å². The molecule has 1 aliphatic heterocycles. The van der Waals surface area contributed by atoms with Gasteiger partial charge in [0.25, 0.3) is 0 Å². The Bertz CT molecular complexity index is 654. The maximum Gasteiger partial charge on any atom is 0.123 e. The fourth-order valence-corrected chi connectivity index (χ4v) is 3.38. The molecular formula is C21H27FN2. The molecule has 24 heavy (non-hydrogen) atoms. The van der Waals surface area contributed by atoms with E-state index < -0.39 is 0 Å². The number of rotatable bonds is 6. The van der Waals surface area contributed by atoms with Crippen LogP contribution in [0.25, 0.3) is 11.1 Å². The van der Waals surface area contributed by atoms with Gasteiger partial charge in [-0.1, -0.05) is 50.2 Å². The van der Waals surface area contributed by atoms with Crippen LogP contribution >= 0.6 is 0 Å². The number of nitrogens with zero attached hydrogens (tertiary/aromatic N) is 1. The Labute approximate surface area is 144 Å². The van der Waals surface area contributed by atoms with Crippen LogP contribution < -0.4 is 5.32 Å². The molecule has 1 fully saturated rings. The molecule has 3 heteroatoms. The van der Waals surface area contributed by atoms with Gasteiger partial charge >= 0.3 is 0 Å². The van der Waals surface area contributed by atoms with Gasteiger partial charge in [-0.05, 0) is 47.7 Å². The van der Waals surface area contributed by atoms with Crippen molar-refractivity contribution in [3.8, 4) is 11.1 Å². The van der Waals surface area contributed by atoms with E-state index in [1.54, 1.807) is 12.1 Å². The van der Waals surface area contributed by atoms with Gasteiger partial charge in [-0.15, -0.1) is 0 Å². The first-order valence-electron chi connectivity index (χ1n) is 8.91. The molecule has 1 N–H and O–H groups in total. The molecule has 0 saturated carbocycles. The van der Waals surface area contributed by atoms with E-state index >= 15 is 0 Å². The molecule has 0 unspecified atom stereocenters. The highest BCUT2D eigenvalue weighted by Crippen LogP contribution is 2.26. The van der Waals surface area contributed by atoms with Gasteiger partial charge in [0.15, 0.2) is 0 Å². The van der Waals surface area contributed by atoms with Crippen LogP contribution in [0.4, 0.5) is 4.39 Å². The van der Waals surface area contributed by atoms with E-state index in [1.807, 2.05) is 24.3 Å². The van der Waals surface area contributed by atoms with Crippen LogP contribution in [0.3, 0.4) is 0 Å². The highest BCUT2D eigenvalue weighted by molar-refractivity contribution is 5.67. The summed E-state index contributed by atoms with van der Waals surface area (Å²) in [5.41, 5.74) is 3.36. The van der Waals surface area contributed by atoms with Gasteiger partial charge in [0.1, 0.15) is 5.82 Å². The van der Waals surface area contributed by atoms with Crippen LogP contribution in [-0.4, -0.2) is 30.6 Å². The molecule has 2 aromatic rings. The van der Waals surface area contributed by atoms with E-state index in [9.17, 15) is 4.39 Å². The van der Waals surface area contributed by atoms with E-state index in [4.69, 9.17) is 0 Å². The van der Waals surface area contributed by atoms with Crippen molar-refractivity contribution >= 4 is 0 Å². The van der Waals surface area contributed by atoms with Gasteiger partial charge in [0, 0.05) is 25.7 Å². The van der Waals surface area contributed by atoms with Crippen molar-refractivity contribution in [3.63, 3.8) is 0 Å². The lowest BCUT2D eigenvalue weighted by Gasteiger charge is -2.19. The molecule has 0 amide bonds. The van der Waals surface area contributed by atoms with Gasteiger partial charge in [0.2, 0.25) is 0 Å². The van der Waals surface area contributed by atoms with Crippen molar-refractivity contribution in [3.05, 3.63) is 59.9 Å². The van der Waals surface area contributed by atoms with Crippen molar-refractivity contribution < 1.29 is 4.39 Å². The Morgan fingerprint density at radius 3 is 2.71 bits per heavy atom. The Balaban J connectivity index is 1.70. The third-order valence-electron chi connectivity index (χ3n) is 4.63. The predicted molar refractivity (Wildman–Crippen MR) is 98.4 cm³/mol. The molecule has 0 spiro atoms. The lowest BCUT2D eigenvalue weighted by Crippen LogP contribution is -2.34. The third kappa shape index (κ3) is 4.43. The second kappa shape index (κ2) is 7.91. The first kappa shape index (κ1) is 17.1. The molecule has 2 aromatic carbocycles. The van der Waals surface area contributed by atoms with E-state index in [0.29, 0.717) is 12.0 Å². The summed E-state index contributed by atoms with van der Waals surface area (Å²) < 4.78 is 13.8. The lowest BCUT2D eigenvalue weighted by molar-refractivity contribution is 0.318. The van der Waals surface area contributed by atoms with Gasteiger partial charge in [-0.3, -0.25) is 4.90 Å². The summed E-state index contributed by atoms with van der Waals surface area (Å²) in [5, 5.41) is 3.64. The Morgan fingerprint density at radius 2 is 1.96 bits per heavy atom. The molecule has 1 atom stereocenters. The first-order valence-corrected chi connectivity index (χ1v) is 8.91. The standard InChI is InChI=1S/C21H27FN2/c1-16(2)13-23-20-10-11-24(15-20)14-18-12-19(22)8-9-21(18)17-6-4-3-5-7-17/h3-9,12,16,20,23H,10-11,13-15H2,1-2H3/t20-/m0/s1. The number of nitrogens with one attached hydrogen (secondary N) is 1. The normalized spacial score (nSPS) is 18.4. The Kier molecular flexibility index (Phi) is 5.64. The van der Waals surface area contributed by atoms with Crippen molar-refractivity contribution in [2.75, 3.05) is 19.6 Å². The number of likely N-dealkylation sites (tertiary alicyclic amines) is 1. The van der Waals surface area contributed by atoms with Crippen molar-refractivity contribution in [1.29, 1.82) is 0 Å². The number of hydrogen-bond acceptors (Lipinski definition) is 2. The highest BCUT2D eigenvalue weighted by atomic mass is 19.1. The van der Waals surface area contributed by atoms with E-state index in [-0.39, 0.29) is 5.82 Å². The highest BCUT2D eigenvalue weighted by Gasteiger charge is 2.23. The summed E-state index contributed by atoms with van der Waals surface area (Å²) in [4.78, 5) is 2.43. The molecule has 0 radical (unpaired) electrons. The SMILES string of the molecule is CC(C)CN[C@H]1CCN(Cc2cc(F)ccc2-c2ccccc2)C1. The zero-order valence-electron chi connectivity index (χ0n) is 14.6. The monoisotopic (exact) mass is 326 g/mol. The van der Waals surface area contributed by atoms with Crippen molar-refractivity contribution in [1.82, 2.24) is 10.2 Å². The molecule has 1 saturated heterocycles. The Hall–Kier alpha value is -1.71. The summed E-state index contributed by atoms with van der Waals surface area (Å²) in [7, 11) is 0. The number of benzene rings is 2. The summed E-state index contributed by atoms with van der Waals surface area (Å²) >= 11 is 0. The van der Waals surface area contributed by atoms with Crippen LogP contribution in [-0.2, 0) is 6.54 Å². The molecule has 1 aliphatic rings. The zero-order valence-corrected chi connectivity index (χ0v) is 14.6. The largest absolute Gasteiger partial charge is 0.312 e. The summed E-state index contributed by atoms with van der Waals surface area (Å²) in [6.07, 6.45) is 1.17. The number of hydrogen-bond donors (Lipinski definition) is 1. The summed E-state index contributed by atoms with van der Waals surface area (Å²) in [5.74, 6) is 0.519. The fraction of sp³-hybridized carbons (Fsp3) is 0.429. The minimum atomic E-state index is -0.154. The quantitative estimate of drug-likeness (QED) is 0.851. The average molecular weight is 326 g/mol. The van der Waals surface area contributed by atoms with E-state index in [1.165, 1.54) is 6.42 Å². The predicted octanol–water partition coefficient (Wildman–Crippen LogP) is 4.31. The minimum Gasteiger partial charge on any atom is -0.312 e. The molecule has 3 rings (SSSR count). The van der Waals surface area contributed by atoms with Crippen LogP contribution in [0, 0.1) is 11.7 Å². The second-order valence-electron chi connectivity index (χ2n) is 7.19. The minimum absolute atomic E-state index is 0.154. The zero-order chi connectivity index (χ0) is 16.9. The molecule has 0 bridgehead atoms. The van der Waals surface area contributed by atoms with Crippen LogP contribution in [0.15, 0.2) is 48.5 Å². The average Bonchev–Trinajstić information content (AvgIpc) is 3.01. The first-order chi connectivity index (χ1) is 11.6. The van der Waals surface area contributed by atoms with Gasteiger partial charge < -0.3 is 5.32 Å². The molecule has 2 nitrogen and oxygen atoms in total. The van der Waals surface area contributed by atoms with Gasteiger partial charge in [0.05, 0.1) is 0 Å². The van der Waals surface area contributed by atoms with Gasteiger partial charge in [-0.25, -0.2) is 4.39 Å². The molecule has 0 aromatic heterocycles. The van der Waals surface area contributed by atoms with Crippen LogP contribution in [0.2, 0.25) is 0 Å². The molecule has 1 heterocycles. The Morgan fingerprint density at radius 1 is 1.17 bits per heavy atom. The smallest absolute Gasteiger partial charge is 0.123 e. The topological polar surface area (TPSA) is 15.3 Å². The van der Waals surface area contributed by atoms with Crippen LogP contribution in [0.5, 0.6) is 0 Å². The fourth-order valence-electron chi connectivity index (χ4n) is 3.38. The summed E-state index contributed by atoms with van der Waals surface area (Å²) in [6.45, 7) is 8.45. The molecule has 128 valence electrons. The van der Waals surface area contributed by atoms with Crippen molar-refractivity contribution in [2.45, 2.75) is 32.9 Å². The molecule has 0 aliphatic carbocycles.